The lowest BCUT2D eigenvalue weighted by Crippen LogP contribution is -2.63. The minimum absolute atomic E-state index is 0.0940. The van der Waals surface area contributed by atoms with Crippen LogP contribution in [-0.4, -0.2) is 41.8 Å². The summed E-state index contributed by atoms with van der Waals surface area (Å²) in [7, 11) is 0. The topological polar surface area (TPSA) is 120 Å². The van der Waals surface area contributed by atoms with Gasteiger partial charge in [-0.2, -0.15) is 9.90 Å². The fraction of sp³-hybridized carbons (Fsp3) is 0.684. The number of carbonyl (C=O) groups is 2. The normalized spacial score (nSPS) is 32.7. The van der Waals surface area contributed by atoms with Crippen molar-refractivity contribution in [3.8, 4) is 0 Å². The molecule has 4 aliphatic rings. The van der Waals surface area contributed by atoms with Crippen LogP contribution in [0, 0.1) is 23.2 Å². The minimum atomic E-state index is -0.485. The SMILES string of the molecule is C[C@H](Cn1cc(Br)cn1)C(=O)NNC(=O)C12C[C@@H]3C[C@@H](C1)CC(n1ncnn1)(C3)C2. The quantitative estimate of drug-likeness (QED) is 0.629. The van der Waals surface area contributed by atoms with E-state index in [0.717, 1.165) is 36.6 Å². The van der Waals surface area contributed by atoms with Crippen molar-refractivity contribution in [1.29, 1.82) is 0 Å². The zero-order valence-corrected chi connectivity index (χ0v) is 18.4. The maximum absolute atomic E-state index is 13.3. The summed E-state index contributed by atoms with van der Waals surface area (Å²) in [6.07, 6.45) is 10.5. The van der Waals surface area contributed by atoms with Crippen LogP contribution in [0.25, 0.3) is 0 Å². The van der Waals surface area contributed by atoms with Gasteiger partial charge in [-0.05, 0) is 71.5 Å². The van der Waals surface area contributed by atoms with Gasteiger partial charge in [-0.25, -0.2) is 0 Å². The molecule has 2 N–H and O–H groups in total. The molecular formula is C19H25BrN8O2. The van der Waals surface area contributed by atoms with E-state index in [1.165, 1.54) is 6.33 Å². The van der Waals surface area contributed by atoms with Crippen LogP contribution in [0.4, 0.5) is 0 Å². The van der Waals surface area contributed by atoms with E-state index in [0.29, 0.717) is 24.8 Å². The molecule has 2 aromatic heterocycles. The van der Waals surface area contributed by atoms with Gasteiger partial charge in [0.15, 0.2) is 6.33 Å². The van der Waals surface area contributed by atoms with Crippen LogP contribution in [0.5, 0.6) is 0 Å². The molecule has 0 spiro atoms. The zero-order chi connectivity index (χ0) is 20.9. The van der Waals surface area contributed by atoms with E-state index in [9.17, 15) is 9.59 Å². The van der Waals surface area contributed by atoms with E-state index >= 15 is 0 Å². The lowest BCUT2D eigenvalue weighted by Gasteiger charge is -2.60. The van der Waals surface area contributed by atoms with Crippen molar-refractivity contribution >= 4 is 27.7 Å². The second-order valence-electron chi connectivity index (χ2n) is 9.42. The fourth-order valence-electron chi connectivity index (χ4n) is 6.27. The highest BCUT2D eigenvalue weighted by Crippen LogP contribution is 2.63. The predicted octanol–water partition coefficient (Wildman–Crippen LogP) is 1.41. The van der Waals surface area contributed by atoms with Crippen LogP contribution < -0.4 is 10.9 Å². The van der Waals surface area contributed by atoms with E-state index in [4.69, 9.17) is 0 Å². The summed E-state index contributed by atoms with van der Waals surface area (Å²) in [4.78, 5) is 27.5. The predicted molar refractivity (Wildman–Crippen MR) is 108 cm³/mol. The summed E-state index contributed by atoms with van der Waals surface area (Å²) in [6.45, 7) is 2.25. The monoisotopic (exact) mass is 476 g/mol. The molecular weight excluding hydrogens is 452 g/mol. The van der Waals surface area contributed by atoms with Gasteiger partial charge in [0, 0.05) is 6.20 Å². The van der Waals surface area contributed by atoms with Crippen molar-refractivity contribution in [3.63, 3.8) is 0 Å². The van der Waals surface area contributed by atoms with E-state index in [1.807, 2.05) is 13.1 Å². The molecule has 0 aromatic carbocycles. The molecule has 0 saturated heterocycles. The van der Waals surface area contributed by atoms with Gasteiger partial charge in [0.1, 0.15) is 0 Å². The average Bonchev–Trinajstić information content (AvgIpc) is 3.37. The summed E-state index contributed by atoms with van der Waals surface area (Å²) in [5, 5.41) is 16.6. The third kappa shape index (κ3) is 3.32. The molecule has 2 aromatic rings. The third-order valence-electron chi connectivity index (χ3n) is 7.09. The number of aromatic nitrogens is 6. The molecule has 0 aliphatic heterocycles. The number of hydrazine groups is 1. The number of carbonyl (C=O) groups excluding carboxylic acids is 2. The van der Waals surface area contributed by atoms with Crippen LogP contribution in [0.1, 0.15) is 45.4 Å². The number of halogens is 1. The average molecular weight is 477 g/mol. The number of tetrazole rings is 1. The first kappa shape index (κ1) is 19.7. The van der Waals surface area contributed by atoms with Crippen LogP contribution in [0.2, 0.25) is 0 Å². The second kappa shape index (κ2) is 7.14. The Balaban J connectivity index is 1.25. The van der Waals surface area contributed by atoms with Crippen molar-refractivity contribution in [1.82, 2.24) is 40.8 Å². The van der Waals surface area contributed by atoms with Crippen molar-refractivity contribution in [3.05, 3.63) is 23.2 Å². The van der Waals surface area contributed by atoms with Crippen LogP contribution in [0.15, 0.2) is 23.2 Å². The van der Waals surface area contributed by atoms with Crippen molar-refractivity contribution < 1.29 is 9.59 Å². The molecule has 4 aliphatic carbocycles. The summed E-state index contributed by atoms with van der Waals surface area (Å²) in [6, 6.07) is 0. The van der Waals surface area contributed by atoms with Crippen molar-refractivity contribution in [2.45, 2.75) is 57.5 Å². The van der Waals surface area contributed by atoms with Gasteiger partial charge in [0.2, 0.25) is 11.8 Å². The van der Waals surface area contributed by atoms with Crippen LogP contribution in [0.3, 0.4) is 0 Å². The number of hydrogen-bond donors (Lipinski definition) is 2. The zero-order valence-electron chi connectivity index (χ0n) is 16.8. The molecule has 2 amide bonds. The third-order valence-corrected chi connectivity index (χ3v) is 7.50. The first-order valence-electron chi connectivity index (χ1n) is 10.4. The van der Waals surface area contributed by atoms with Gasteiger partial charge in [-0.1, -0.05) is 6.92 Å². The molecule has 10 nitrogen and oxygen atoms in total. The Morgan fingerprint density at radius 3 is 2.63 bits per heavy atom. The van der Waals surface area contributed by atoms with Crippen molar-refractivity contribution in [2.24, 2.45) is 23.2 Å². The summed E-state index contributed by atoms with van der Waals surface area (Å²) >= 11 is 3.35. The Kier molecular flexibility index (Phi) is 4.68. The van der Waals surface area contributed by atoms with Gasteiger partial charge in [-0.3, -0.25) is 25.1 Å². The van der Waals surface area contributed by atoms with Gasteiger partial charge in [-0.15, -0.1) is 10.2 Å². The maximum atomic E-state index is 13.3. The molecule has 30 heavy (non-hydrogen) atoms. The lowest BCUT2D eigenvalue weighted by atomic mass is 9.46. The van der Waals surface area contributed by atoms with Gasteiger partial charge < -0.3 is 0 Å². The van der Waals surface area contributed by atoms with Crippen LogP contribution >= 0.6 is 15.9 Å². The Hall–Kier alpha value is -2.30. The van der Waals surface area contributed by atoms with E-state index in [2.05, 4.69) is 47.3 Å². The van der Waals surface area contributed by atoms with Gasteiger partial charge in [0.05, 0.1) is 34.1 Å². The molecule has 3 atom stereocenters. The minimum Gasteiger partial charge on any atom is -0.273 e. The highest BCUT2D eigenvalue weighted by atomic mass is 79.9. The largest absolute Gasteiger partial charge is 0.273 e. The standard InChI is InChI=1S/C19H25BrN8O2/c1-12(8-27-9-15(20)7-22-27)16(29)24-25-17(30)18-3-13-2-14(4-18)6-19(5-13,10-18)28-23-11-21-26-28/h7,9,11-14H,2-6,8,10H2,1H3,(H,24,29)(H,25,30)/t12-,13+,14+,18?,19?/m1/s1. The highest BCUT2D eigenvalue weighted by Gasteiger charge is 2.62. The fourth-order valence-corrected chi connectivity index (χ4v) is 6.60. The number of rotatable bonds is 5. The van der Waals surface area contributed by atoms with E-state index < -0.39 is 5.41 Å². The number of amides is 2. The highest BCUT2D eigenvalue weighted by molar-refractivity contribution is 9.10. The lowest BCUT2D eigenvalue weighted by molar-refractivity contribution is -0.159. The smallest absolute Gasteiger partial charge is 0.244 e. The molecule has 4 saturated carbocycles. The molecule has 4 bridgehead atoms. The Labute approximate surface area is 182 Å². The second-order valence-corrected chi connectivity index (χ2v) is 10.3. The summed E-state index contributed by atoms with van der Waals surface area (Å²) in [5.41, 5.74) is 4.65. The molecule has 4 fully saturated rings. The maximum Gasteiger partial charge on any atom is 0.244 e. The molecule has 160 valence electrons. The summed E-state index contributed by atoms with van der Waals surface area (Å²) in [5.74, 6) is 0.307. The first-order valence-corrected chi connectivity index (χ1v) is 11.2. The number of hydrogen-bond acceptors (Lipinski definition) is 6. The molecule has 0 unspecified atom stereocenters. The van der Waals surface area contributed by atoms with Gasteiger partial charge in [0.25, 0.3) is 0 Å². The number of nitrogens with zero attached hydrogens (tertiary/aromatic N) is 6. The van der Waals surface area contributed by atoms with E-state index in [-0.39, 0.29) is 23.3 Å². The molecule has 6 rings (SSSR count). The Morgan fingerprint density at radius 1 is 1.23 bits per heavy atom. The van der Waals surface area contributed by atoms with Crippen LogP contribution in [-0.2, 0) is 21.7 Å². The molecule has 2 heterocycles. The van der Waals surface area contributed by atoms with E-state index in [1.54, 1.807) is 15.7 Å². The Bertz CT molecular complexity index is 944. The van der Waals surface area contributed by atoms with Gasteiger partial charge >= 0.3 is 0 Å². The molecule has 0 radical (unpaired) electrons. The molecule has 11 heteroatoms. The Morgan fingerprint density at radius 2 is 2.00 bits per heavy atom. The summed E-state index contributed by atoms with van der Waals surface area (Å²) < 4.78 is 2.56. The number of nitrogens with one attached hydrogen (secondary N) is 2. The van der Waals surface area contributed by atoms with Crippen molar-refractivity contribution in [2.75, 3.05) is 0 Å². The first-order chi connectivity index (χ1) is 14.4.